The lowest BCUT2D eigenvalue weighted by Gasteiger charge is -2.47. The number of benzene rings is 1. The highest BCUT2D eigenvalue weighted by Gasteiger charge is 2.41. The minimum atomic E-state index is -0.608. The van der Waals surface area contributed by atoms with Gasteiger partial charge in [-0.15, -0.1) is 0 Å². The van der Waals surface area contributed by atoms with E-state index in [0.29, 0.717) is 30.5 Å². The highest BCUT2D eigenvalue weighted by molar-refractivity contribution is 9.10. The zero-order valence-electron chi connectivity index (χ0n) is 19.9. The second-order valence-electron chi connectivity index (χ2n) is 10.1. The summed E-state index contributed by atoms with van der Waals surface area (Å²) < 4.78 is 7.41. The SMILES string of the molecule is O=C1CC[C@H](N2Cc3cc(O[C@H]4CCCC[C@@H]4N4CC(c5ncc(Br)cn5)C4)ccc3C2=O)C(=O)N1. The predicted molar refractivity (Wildman–Crippen MR) is 133 cm³/mol. The number of hydrogen-bond donors (Lipinski definition) is 1. The molecule has 0 bridgehead atoms. The van der Waals surface area contributed by atoms with Crippen molar-refractivity contribution in [2.24, 2.45) is 0 Å². The quantitative estimate of drug-likeness (QED) is 0.567. The average Bonchev–Trinajstić information content (AvgIpc) is 3.16. The van der Waals surface area contributed by atoms with Crippen LogP contribution in [0, 0.1) is 0 Å². The average molecular weight is 554 g/mol. The van der Waals surface area contributed by atoms with Crippen LogP contribution in [0.5, 0.6) is 5.75 Å². The van der Waals surface area contributed by atoms with E-state index in [1.54, 1.807) is 23.4 Å². The summed E-state index contributed by atoms with van der Waals surface area (Å²) in [6.45, 7) is 2.23. The summed E-state index contributed by atoms with van der Waals surface area (Å²) in [5, 5.41) is 2.35. The van der Waals surface area contributed by atoms with Crippen LogP contribution in [0.25, 0.3) is 0 Å². The topological polar surface area (TPSA) is 105 Å². The first-order valence-electron chi connectivity index (χ1n) is 12.6. The maximum absolute atomic E-state index is 13.0. The first-order chi connectivity index (χ1) is 17.5. The molecule has 1 saturated carbocycles. The van der Waals surface area contributed by atoms with Crippen LogP contribution in [-0.4, -0.2) is 68.8 Å². The fourth-order valence-corrected chi connectivity index (χ4v) is 6.12. The van der Waals surface area contributed by atoms with Crippen LogP contribution in [-0.2, 0) is 16.1 Å². The van der Waals surface area contributed by atoms with Crippen molar-refractivity contribution >= 4 is 33.7 Å². The molecule has 3 amide bonds. The highest BCUT2D eigenvalue weighted by Crippen LogP contribution is 2.36. The van der Waals surface area contributed by atoms with Crippen molar-refractivity contribution in [1.29, 1.82) is 0 Å². The Hall–Kier alpha value is -2.85. The lowest BCUT2D eigenvalue weighted by atomic mass is 9.86. The lowest BCUT2D eigenvalue weighted by Crippen LogP contribution is -2.57. The van der Waals surface area contributed by atoms with Gasteiger partial charge in [0, 0.05) is 56.0 Å². The summed E-state index contributed by atoms with van der Waals surface area (Å²) in [7, 11) is 0. The van der Waals surface area contributed by atoms with Gasteiger partial charge < -0.3 is 9.64 Å². The minimum absolute atomic E-state index is 0.0897. The third-order valence-corrected chi connectivity index (χ3v) is 8.24. The van der Waals surface area contributed by atoms with Crippen molar-refractivity contribution in [2.45, 2.75) is 69.2 Å². The Morgan fingerprint density at radius 3 is 2.58 bits per heavy atom. The molecule has 4 aliphatic rings. The van der Waals surface area contributed by atoms with Gasteiger partial charge in [-0.05, 0) is 65.4 Å². The number of hydrogen-bond acceptors (Lipinski definition) is 7. The van der Waals surface area contributed by atoms with Gasteiger partial charge in [0.1, 0.15) is 23.7 Å². The number of rotatable bonds is 5. The predicted octanol–water partition coefficient (Wildman–Crippen LogP) is 2.79. The third-order valence-electron chi connectivity index (χ3n) is 7.83. The lowest BCUT2D eigenvalue weighted by molar-refractivity contribution is -0.136. The van der Waals surface area contributed by atoms with Gasteiger partial charge in [-0.25, -0.2) is 9.97 Å². The molecule has 3 fully saturated rings. The third kappa shape index (κ3) is 4.41. The zero-order chi connectivity index (χ0) is 24.8. The van der Waals surface area contributed by atoms with Crippen LogP contribution in [0.3, 0.4) is 0 Å². The molecule has 36 heavy (non-hydrogen) atoms. The number of nitrogens with zero attached hydrogens (tertiary/aromatic N) is 4. The summed E-state index contributed by atoms with van der Waals surface area (Å²) >= 11 is 3.40. The molecule has 9 nitrogen and oxygen atoms in total. The molecule has 2 saturated heterocycles. The molecule has 0 spiro atoms. The molecule has 3 aliphatic heterocycles. The Balaban J connectivity index is 1.11. The summed E-state index contributed by atoms with van der Waals surface area (Å²) in [5.41, 5.74) is 1.47. The molecule has 10 heteroatoms. The van der Waals surface area contributed by atoms with Crippen molar-refractivity contribution in [1.82, 2.24) is 25.1 Å². The number of carbonyl (C=O) groups is 3. The van der Waals surface area contributed by atoms with Crippen molar-refractivity contribution in [3.8, 4) is 5.75 Å². The van der Waals surface area contributed by atoms with Crippen molar-refractivity contribution in [3.05, 3.63) is 52.0 Å². The second kappa shape index (κ2) is 9.55. The van der Waals surface area contributed by atoms with Crippen molar-refractivity contribution in [3.63, 3.8) is 0 Å². The molecule has 2 aromatic rings. The van der Waals surface area contributed by atoms with E-state index in [1.807, 2.05) is 12.1 Å². The van der Waals surface area contributed by atoms with E-state index < -0.39 is 11.9 Å². The van der Waals surface area contributed by atoms with E-state index in [0.717, 1.165) is 54.0 Å². The molecule has 1 aromatic heterocycles. The molecule has 6 rings (SSSR count). The van der Waals surface area contributed by atoms with E-state index in [2.05, 4.69) is 36.1 Å². The largest absolute Gasteiger partial charge is 0.489 e. The molecule has 188 valence electrons. The minimum Gasteiger partial charge on any atom is -0.489 e. The van der Waals surface area contributed by atoms with Gasteiger partial charge in [0.25, 0.3) is 5.91 Å². The summed E-state index contributed by atoms with van der Waals surface area (Å²) in [5.74, 6) is 1.17. The van der Waals surface area contributed by atoms with Gasteiger partial charge in [0.15, 0.2) is 0 Å². The number of nitrogens with one attached hydrogen (secondary N) is 1. The van der Waals surface area contributed by atoms with Gasteiger partial charge >= 0.3 is 0 Å². The Kier molecular flexibility index (Phi) is 6.25. The van der Waals surface area contributed by atoms with Gasteiger partial charge in [0.2, 0.25) is 11.8 Å². The first kappa shape index (κ1) is 23.5. The fourth-order valence-electron chi connectivity index (χ4n) is 5.91. The standard InChI is InChI=1S/C26H28BrN5O4/c27-17-10-28-24(29-11-17)16-12-31(13-16)20-3-1-2-4-22(20)36-18-5-6-19-15(9-18)14-32(26(19)35)21-7-8-23(33)30-25(21)34/h5-6,9-11,16,20-22H,1-4,7-8,12-14H2,(H,30,33,34)/t20-,21-,22-/m0/s1. The zero-order valence-corrected chi connectivity index (χ0v) is 21.4. The van der Waals surface area contributed by atoms with E-state index in [1.165, 1.54) is 6.42 Å². The van der Waals surface area contributed by atoms with Crippen LogP contribution in [0.4, 0.5) is 0 Å². The van der Waals surface area contributed by atoms with Crippen molar-refractivity contribution in [2.75, 3.05) is 13.1 Å². The van der Waals surface area contributed by atoms with Gasteiger partial charge in [-0.3, -0.25) is 24.6 Å². The van der Waals surface area contributed by atoms with Crippen LogP contribution < -0.4 is 10.1 Å². The summed E-state index contributed by atoms with van der Waals surface area (Å²) in [4.78, 5) is 49.8. The number of ether oxygens (including phenoxy) is 1. The maximum atomic E-state index is 13.0. The number of aromatic nitrogens is 2. The maximum Gasteiger partial charge on any atom is 0.255 e. The van der Waals surface area contributed by atoms with E-state index >= 15 is 0 Å². The smallest absolute Gasteiger partial charge is 0.255 e. The van der Waals surface area contributed by atoms with Crippen LogP contribution in [0.1, 0.15) is 66.2 Å². The first-order valence-corrected chi connectivity index (χ1v) is 13.4. The molecule has 4 heterocycles. The normalized spacial score (nSPS) is 27.0. The summed E-state index contributed by atoms with van der Waals surface area (Å²) in [6, 6.07) is 5.36. The molecule has 1 aliphatic carbocycles. The Morgan fingerprint density at radius 1 is 1.03 bits per heavy atom. The number of likely N-dealkylation sites (tertiary alicyclic amines) is 1. The highest BCUT2D eigenvalue weighted by atomic mass is 79.9. The van der Waals surface area contributed by atoms with Crippen LogP contribution in [0.2, 0.25) is 0 Å². The van der Waals surface area contributed by atoms with Crippen LogP contribution >= 0.6 is 15.9 Å². The molecule has 3 atom stereocenters. The number of carbonyl (C=O) groups excluding carboxylic acids is 3. The Bertz CT molecular complexity index is 1200. The van der Waals surface area contributed by atoms with Gasteiger partial charge in [-0.1, -0.05) is 6.42 Å². The summed E-state index contributed by atoms with van der Waals surface area (Å²) in [6.07, 6.45) is 8.74. The number of fused-ring (bicyclic) bond motifs is 1. The number of piperidine rings is 1. The van der Waals surface area contributed by atoms with Gasteiger partial charge in [0.05, 0.1) is 4.47 Å². The number of amides is 3. The van der Waals surface area contributed by atoms with Crippen LogP contribution in [0.15, 0.2) is 35.1 Å². The molecular formula is C26H28BrN5O4. The van der Waals surface area contributed by atoms with Crippen molar-refractivity contribution < 1.29 is 19.1 Å². The van der Waals surface area contributed by atoms with Gasteiger partial charge in [-0.2, -0.15) is 0 Å². The Morgan fingerprint density at radius 2 is 1.81 bits per heavy atom. The van der Waals surface area contributed by atoms with E-state index in [-0.39, 0.29) is 24.3 Å². The molecule has 0 radical (unpaired) electrons. The monoisotopic (exact) mass is 553 g/mol. The van der Waals surface area contributed by atoms with E-state index in [4.69, 9.17) is 4.74 Å². The Labute approximate surface area is 217 Å². The molecule has 1 N–H and O–H groups in total. The molecular weight excluding hydrogens is 526 g/mol. The fraction of sp³-hybridized carbons (Fsp3) is 0.500. The molecule has 1 aromatic carbocycles. The van der Waals surface area contributed by atoms with E-state index in [9.17, 15) is 14.4 Å². The number of imide groups is 1. The number of halogens is 1. The second-order valence-corrected chi connectivity index (χ2v) is 11.1. The molecule has 0 unspecified atom stereocenters.